The number of halogens is 1. The quantitative estimate of drug-likeness (QED) is 0.473. The highest BCUT2D eigenvalue weighted by Crippen LogP contribution is 2.25. The van der Waals surface area contributed by atoms with Gasteiger partial charge in [0.05, 0.1) is 23.4 Å². The maximum atomic E-state index is 12.8. The van der Waals surface area contributed by atoms with Gasteiger partial charge < -0.3 is 14.5 Å². The lowest BCUT2D eigenvalue weighted by atomic mass is 10.2. The lowest BCUT2D eigenvalue weighted by Crippen LogP contribution is -2.49. The van der Waals surface area contributed by atoms with Crippen molar-refractivity contribution in [2.75, 3.05) is 38.2 Å². The van der Waals surface area contributed by atoms with Crippen LogP contribution in [-0.4, -0.2) is 69.1 Å². The number of amides is 1. The number of nitrogens with zero attached hydrogens (tertiary/aromatic N) is 7. The lowest BCUT2D eigenvalue weighted by Gasteiger charge is -2.35. The Morgan fingerprint density at radius 3 is 2.47 bits per heavy atom. The number of methoxy groups -OCH3 is 1. The van der Waals surface area contributed by atoms with Crippen molar-refractivity contribution < 1.29 is 9.53 Å². The number of hydrogen-bond donors (Lipinski definition) is 0. The van der Waals surface area contributed by atoms with Crippen LogP contribution in [0.2, 0.25) is 5.02 Å². The zero-order chi connectivity index (χ0) is 22.1. The van der Waals surface area contributed by atoms with E-state index in [1.807, 2.05) is 41.3 Å². The Hall–Kier alpha value is -3.72. The highest BCUT2D eigenvalue weighted by Gasteiger charge is 2.26. The van der Waals surface area contributed by atoms with E-state index in [1.165, 1.54) is 6.33 Å². The van der Waals surface area contributed by atoms with Crippen LogP contribution >= 0.6 is 11.6 Å². The number of hydrogen-bond acceptors (Lipinski definition) is 7. The van der Waals surface area contributed by atoms with Crippen molar-refractivity contribution in [1.29, 1.82) is 0 Å². The van der Waals surface area contributed by atoms with Gasteiger partial charge in [0, 0.05) is 26.2 Å². The second-order valence-electron chi connectivity index (χ2n) is 7.33. The molecule has 162 valence electrons. The van der Waals surface area contributed by atoms with Gasteiger partial charge in [-0.05, 0) is 36.4 Å². The zero-order valence-electron chi connectivity index (χ0n) is 17.3. The fourth-order valence-corrected chi connectivity index (χ4v) is 4.01. The average molecular weight is 450 g/mol. The molecule has 3 heterocycles. The molecular weight excluding hydrogens is 430 g/mol. The van der Waals surface area contributed by atoms with E-state index < -0.39 is 0 Å². The van der Waals surface area contributed by atoms with E-state index in [0.29, 0.717) is 53.7 Å². The highest BCUT2D eigenvalue weighted by molar-refractivity contribution is 6.33. The third-order valence-electron chi connectivity index (χ3n) is 5.51. The van der Waals surface area contributed by atoms with Crippen molar-refractivity contribution >= 4 is 34.5 Å². The molecular formula is C22H20ClN7O2. The van der Waals surface area contributed by atoms with Crippen LogP contribution in [0.5, 0.6) is 5.75 Å². The monoisotopic (exact) mass is 449 g/mol. The Kier molecular flexibility index (Phi) is 5.32. The summed E-state index contributed by atoms with van der Waals surface area (Å²) < 4.78 is 6.90. The number of anilines is 1. The van der Waals surface area contributed by atoms with Gasteiger partial charge in [-0.25, -0.2) is 9.97 Å². The van der Waals surface area contributed by atoms with Gasteiger partial charge in [0.2, 0.25) is 0 Å². The Morgan fingerprint density at radius 2 is 1.75 bits per heavy atom. The molecule has 5 rings (SSSR count). The fourth-order valence-electron chi connectivity index (χ4n) is 3.79. The summed E-state index contributed by atoms with van der Waals surface area (Å²) in [5, 5.41) is 9.10. The molecule has 0 bridgehead atoms. The van der Waals surface area contributed by atoms with E-state index in [-0.39, 0.29) is 5.91 Å². The van der Waals surface area contributed by atoms with E-state index in [1.54, 1.807) is 23.9 Å². The van der Waals surface area contributed by atoms with Crippen LogP contribution in [0.3, 0.4) is 0 Å². The summed E-state index contributed by atoms with van der Waals surface area (Å²) in [5.41, 5.74) is 2.59. The van der Waals surface area contributed by atoms with E-state index >= 15 is 0 Å². The number of carbonyl (C=O) groups is 1. The van der Waals surface area contributed by atoms with Crippen LogP contribution < -0.4 is 9.64 Å². The zero-order valence-corrected chi connectivity index (χ0v) is 18.1. The van der Waals surface area contributed by atoms with Gasteiger partial charge in [0.1, 0.15) is 12.1 Å². The maximum Gasteiger partial charge on any atom is 0.255 e. The second-order valence-corrected chi connectivity index (χ2v) is 7.74. The number of carbonyl (C=O) groups excluding carboxylic acids is 1. The average Bonchev–Trinajstić information content (AvgIpc) is 3.28. The van der Waals surface area contributed by atoms with Crippen molar-refractivity contribution in [3.05, 3.63) is 65.4 Å². The van der Waals surface area contributed by atoms with Gasteiger partial charge in [-0.15, -0.1) is 5.10 Å². The molecule has 1 amide bonds. The minimum atomic E-state index is -0.0615. The molecule has 2 aromatic carbocycles. The molecule has 4 aromatic rings. The number of ether oxygens (including phenoxy) is 1. The summed E-state index contributed by atoms with van der Waals surface area (Å²) in [6.07, 6.45) is 1.52. The molecule has 0 aliphatic carbocycles. The van der Waals surface area contributed by atoms with Crippen molar-refractivity contribution in [1.82, 2.24) is 29.9 Å². The summed E-state index contributed by atoms with van der Waals surface area (Å²) in [4.78, 5) is 25.6. The number of benzene rings is 2. The Bertz CT molecular complexity index is 1270. The third-order valence-corrected chi connectivity index (χ3v) is 5.84. The van der Waals surface area contributed by atoms with Crippen molar-refractivity contribution in [3.63, 3.8) is 0 Å². The molecule has 1 fully saturated rings. The number of fused-ring (bicyclic) bond motifs is 1. The van der Waals surface area contributed by atoms with E-state index in [4.69, 9.17) is 16.3 Å². The Morgan fingerprint density at radius 1 is 1.00 bits per heavy atom. The summed E-state index contributed by atoms with van der Waals surface area (Å²) in [6, 6.07) is 14.6. The van der Waals surface area contributed by atoms with Gasteiger partial charge in [-0.2, -0.15) is 4.68 Å². The predicted molar refractivity (Wildman–Crippen MR) is 121 cm³/mol. The standard InChI is InChI=1S/C22H20ClN7O2/c1-32-16-8-6-15(7-9-16)30-21-19(26-27-30)20(24-14-25-21)28-10-12-29(13-11-28)22(31)17-4-2-3-5-18(17)23/h2-9,14H,10-13H2,1H3. The van der Waals surface area contributed by atoms with Gasteiger partial charge in [-0.1, -0.05) is 28.9 Å². The molecule has 1 saturated heterocycles. The molecule has 0 unspecified atom stereocenters. The third kappa shape index (κ3) is 3.60. The fraction of sp³-hybridized carbons (Fsp3) is 0.227. The van der Waals surface area contributed by atoms with Crippen molar-refractivity contribution in [2.24, 2.45) is 0 Å². The highest BCUT2D eigenvalue weighted by atomic mass is 35.5. The van der Waals surface area contributed by atoms with Crippen LogP contribution in [0, 0.1) is 0 Å². The minimum Gasteiger partial charge on any atom is -0.497 e. The van der Waals surface area contributed by atoms with E-state index in [9.17, 15) is 4.79 Å². The second kappa shape index (κ2) is 8.43. The van der Waals surface area contributed by atoms with Gasteiger partial charge >= 0.3 is 0 Å². The SMILES string of the molecule is COc1ccc(-n2nnc3c(N4CCN(C(=O)c5ccccc5Cl)CC4)ncnc32)cc1. The molecule has 32 heavy (non-hydrogen) atoms. The topological polar surface area (TPSA) is 89.3 Å². The first-order chi connectivity index (χ1) is 15.7. The smallest absolute Gasteiger partial charge is 0.255 e. The summed E-state index contributed by atoms with van der Waals surface area (Å²) in [7, 11) is 1.63. The van der Waals surface area contributed by atoms with Crippen molar-refractivity contribution in [3.8, 4) is 11.4 Å². The molecule has 2 aromatic heterocycles. The summed E-state index contributed by atoms with van der Waals surface area (Å²) in [5.74, 6) is 1.41. The van der Waals surface area contributed by atoms with Gasteiger partial charge in [0.25, 0.3) is 5.91 Å². The number of piperazine rings is 1. The Labute approximate surface area is 189 Å². The van der Waals surface area contributed by atoms with Crippen LogP contribution in [0.15, 0.2) is 54.9 Å². The van der Waals surface area contributed by atoms with Crippen LogP contribution in [0.4, 0.5) is 5.82 Å². The van der Waals surface area contributed by atoms with Crippen LogP contribution in [-0.2, 0) is 0 Å². The molecule has 10 heteroatoms. The first-order valence-corrected chi connectivity index (χ1v) is 10.5. The van der Waals surface area contributed by atoms with Gasteiger partial charge in [0.15, 0.2) is 17.0 Å². The van der Waals surface area contributed by atoms with Crippen LogP contribution in [0.1, 0.15) is 10.4 Å². The van der Waals surface area contributed by atoms with E-state index in [2.05, 4.69) is 25.2 Å². The van der Waals surface area contributed by atoms with E-state index in [0.717, 1.165) is 11.4 Å². The summed E-state index contributed by atoms with van der Waals surface area (Å²) in [6.45, 7) is 2.36. The molecule has 1 aliphatic rings. The summed E-state index contributed by atoms with van der Waals surface area (Å²) >= 11 is 6.20. The number of aromatic nitrogens is 5. The largest absolute Gasteiger partial charge is 0.497 e. The molecule has 1 aliphatic heterocycles. The molecule has 0 radical (unpaired) electrons. The normalized spacial score (nSPS) is 14.1. The molecule has 0 atom stereocenters. The van der Waals surface area contributed by atoms with Crippen LogP contribution in [0.25, 0.3) is 16.9 Å². The van der Waals surface area contributed by atoms with Gasteiger partial charge in [-0.3, -0.25) is 4.79 Å². The predicted octanol–water partition coefficient (Wildman–Crippen LogP) is 2.83. The minimum absolute atomic E-state index is 0.0615. The molecule has 9 nitrogen and oxygen atoms in total. The molecule has 0 N–H and O–H groups in total. The molecule has 0 saturated carbocycles. The first kappa shape index (κ1) is 20.2. The van der Waals surface area contributed by atoms with Crippen molar-refractivity contribution in [2.45, 2.75) is 0 Å². The maximum absolute atomic E-state index is 12.8. The first-order valence-electron chi connectivity index (χ1n) is 10.2. The molecule has 0 spiro atoms. The number of rotatable bonds is 4. The Balaban J connectivity index is 1.36. The lowest BCUT2D eigenvalue weighted by molar-refractivity contribution is 0.0747.